The highest BCUT2D eigenvalue weighted by atomic mass is 16.6. The first-order valence-corrected chi connectivity index (χ1v) is 7.84. The molecule has 0 aliphatic rings. The number of carbonyl (C=O) groups is 1. The van der Waals surface area contributed by atoms with Crippen LogP contribution in [0.4, 0.5) is 5.69 Å². The van der Waals surface area contributed by atoms with Crippen molar-refractivity contribution < 1.29 is 19.6 Å². The predicted molar refractivity (Wildman–Crippen MR) is 96.3 cm³/mol. The minimum Gasteiger partial charge on any atom is -0.482 e. The monoisotopic (exact) mass is 349 g/mol. The number of nitrogens with zero attached hydrogens (tertiary/aromatic N) is 1. The summed E-state index contributed by atoms with van der Waals surface area (Å²) in [5.41, 5.74) is 1.62. The summed E-state index contributed by atoms with van der Waals surface area (Å²) in [5, 5.41) is 20.8. The Morgan fingerprint density at radius 2 is 1.69 bits per heavy atom. The van der Waals surface area contributed by atoms with Crippen LogP contribution in [0.25, 0.3) is 11.1 Å². The van der Waals surface area contributed by atoms with Crippen LogP contribution in [-0.4, -0.2) is 16.0 Å². The first-order valence-electron chi connectivity index (χ1n) is 7.84. The lowest BCUT2D eigenvalue weighted by Gasteiger charge is -2.10. The molecule has 0 bridgehead atoms. The molecular weight excluding hydrogens is 334 g/mol. The van der Waals surface area contributed by atoms with Crippen LogP contribution in [0.5, 0.6) is 5.75 Å². The van der Waals surface area contributed by atoms with Crippen LogP contribution in [0.15, 0.2) is 72.8 Å². The van der Waals surface area contributed by atoms with Crippen molar-refractivity contribution in [2.24, 2.45) is 0 Å². The molecule has 26 heavy (non-hydrogen) atoms. The largest absolute Gasteiger partial charge is 0.482 e. The number of nitro benzene ring substituents is 1. The van der Waals surface area contributed by atoms with Gasteiger partial charge in [0.25, 0.3) is 0 Å². The molecule has 3 rings (SSSR count). The molecule has 0 aliphatic carbocycles. The molecule has 6 heteroatoms. The van der Waals surface area contributed by atoms with Gasteiger partial charge in [0.1, 0.15) is 6.61 Å². The zero-order valence-corrected chi connectivity index (χ0v) is 13.7. The Morgan fingerprint density at radius 3 is 2.38 bits per heavy atom. The molecule has 0 saturated heterocycles. The molecule has 0 saturated carbocycles. The average molecular weight is 349 g/mol. The summed E-state index contributed by atoms with van der Waals surface area (Å²) in [7, 11) is 0. The van der Waals surface area contributed by atoms with Crippen LogP contribution in [0.3, 0.4) is 0 Å². The lowest BCUT2D eigenvalue weighted by molar-refractivity contribution is -0.385. The maximum atomic E-state index is 11.4. The number of benzene rings is 3. The van der Waals surface area contributed by atoms with Gasteiger partial charge >= 0.3 is 11.7 Å². The van der Waals surface area contributed by atoms with E-state index >= 15 is 0 Å². The van der Waals surface area contributed by atoms with Crippen molar-refractivity contribution >= 4 is 11.7 Å². The predicted octanol–water partition coefficient (Wildman–Crippen LogP) is 4.54. The minimum atomic E-state index is -1.09. The molecule has 1 N–H and O–H groups in total. The van der Waals surface area contributed by atoms with E-state index < -0.39 is 10.9 Å². The fraction of sp³-hybridized carbons (Fsp3) is 0.0500. The van der Waals surface area contributed by atoms with Gasteiger partial charge < -0.3 is 9.84 Å². The second-order valence-corrected chi connectivity index (χ2v) is 5.56. The topological polar surface area (TPSA) is 89.7 Å². The molecule has 3 aromatic rings. The van der Waals surface area contributed by atoms with E-state index in [0.717, 1.165) is 5.56 Å². The fourth-order valence-corrected chi connectivity index (χ4v) is 2.61. The Balaban J connectivity index is 1.95. The van der Waals surface area contributed by atoms with Gasteiger partial charge in [0.2, 0.25) is 0 Å². The number of hydrogen-bond donors (Lipinski definition) is 1. The highest BCUT2D eigenvalue weighted by Gasteiger charge is 2.19. The Labute approximate surface area is 149 Å². The first kappa shape index (κ1) is 17.2. The summed E-state index contributed by atoms with van der Waals surface area (Å²) in [4.78, 5) is 22.3. The molecule has 0 heterocycles. The highest BCUT2D eigenvalue weighted by molar-refractivity contribution is 5.96. The number of carboxylic acids is 1. The molecule has 0 aromatic heterocycles. The average Bonchev–Trinajstić information content (AvgIpc) is 2.67. The zero-order chi connectivity index (χ0) is 18.5. The van der Waals surface area contributed by atoms with Crippen LogP contribution < -0.4 is 4.74 Å². The van der Waals surface area contributed by atoms with Crippen molar-refractivity contribution in [3.05, 3.63) is 94.0 Å². The van der Waals surface area contributed by atoms with Crippen molar-refractivity contribution in [2.75, 3.05) is 0 Å². The van der Waals surface area contributed by atoms with E-state index in [-0.39, 0.29) is 23.6 Å². The van der Waals surface area contributed by atoms with E-state index in [2.05, 4.69) is 0 Å². The molecule has 0 atom stereocenters. The van der Waals surface area contributed by atoms with Gasteiger partial charge in [-0.15, -0.1) is 0 Å². The Hall–Kier alpha value is -3.67. The van der Waals surface area contributed by atoms with Crippen molar-refractivity contribution in [1.29, 1.82) is 0 Å². The van der Waals surface area contributed by atoms with Gasteiger partial charge in [-0.25, -0.2) is 4.79 Å². The normalized spacial score (nSPS) is 10.3. The standard InChI is InChI=1S/C20H15NO5/c22-20(23)17-9-5-4-8-16(17)15-10-11-19(18(12-15)21(24)25)26-13-14-6-2-1-3-7-14/h1-12H,13H2,(H,22,23). The quantitative estimate of drug-likeness (QED) is 0.521. The summed E-state index contributed by atoms with van der Waals surface area (Å²) < 4.78 is 5.60. The molecule has 0 fully saturated rings. The smallest absolute Gasteiger partial charge is 0.336 e. The van der Waals surface area contributed by atoms with Crippen molar-refractivity contribution in [2.45, 2.75) is 6.61 Å². The molecule has 3 aromatic carbocycles. The number of nitro groups is 1. The molecular formula is C20H15NO5. The third-order valence-corrected chi connectivity index (χ3v) is 3.86. The lowest BCUT2D eigenvalue weighted by Crippen LogP contribution is -2.01. The second kappa shape index (κ2) is 7.48. The van der Waals surface area contributed by atoms with Crippen molar-refractivity contribution in [3.8, 4) is 16.9 Å². The Bertz CT molecular complexity index is 953. The van der Waals surface area contributed by atoms with Gasteiger partial charge in [-0.1, -0.05) is 54.6 Å². The number of carboxylic acid groups (broad SMARTS) is 1. The molecule has 0 amide bonds. The van der Waals surface area contributed by atoms with Crippen LogP contribution >= 0.6 is 0 Å². The van der Waals surface area contributed by atoms with Gasteiger partial charge in [0.15, 0.2) is 5.75 Å². The van der Waals surface area contributed by atoms with Crippen LogP contribution in [0.1, 0.15) is 15.9 Å². The van der Waals surface area contributed by atoms with E-state index in [1.165, 1.54) is 18.2 Å². The van der Waals surface area contributed by atoms with Crippen molar-refractivity contribution in [1.82, 2.24) is 0 Å². The summed E-state index contributed by atoms with van der Waals surface area (Å²) in [6.07, 6.45) is 0. The molecule has 130 valence electrons. The third-order valence-electron chi connectivity index (χ3n) is 3.86. The van der Waals surface area contributed by atoms with Crippen molar-refractivity contribution in [3.63, 3.8) is 0 Å². The molecule has 0 unspecified atom stereocenters. The van der Waals surface area contributed by atoms with Crippen LogP contribution in [-0.2, 0) is 6.61 Å². The van der Waals surface area contributed by atoms with E-state index in [1.54, 1.807) is 24.3 Å². The zero-order valence-electron chi connectivity index (χ0n) is 13.7. The summed E-state index contributed by atoms with van der Waals surface area (Å²) >= 11 is 0. The van der Waals surface area contributed by atoms with E-state index in [1.807, 2.05) is 30.3 Å². The first-order chi connectivity index (χ1) is 12.6. The maximum Gasteiger partial charge on any atom is 0.336 e. The maximum absolute atomic E-state index is 11.4. The number of hydrogen-bond acceptors (Lipinski definition) is 4. The number of aromatic carboxylic acids is 1. The Kier molecular flexibility index (Phi) is 4.94. The SMILES string of the molecule is O=C(O)c1ccccc1-c1ccc(OCc2ccccc2)c([N+](=O)[O-])c1. The molecule has 0 spiro atoms. The summed E-state index contributed by atoms with van der Waals surface area (Å²) in [6.45, 7) is 0.201. The van der Waals surface area contributed by atoms with Crippen LogP contribution in [0.2, 0.25) is 0 Å². The van der Waals surface area contributed by atoms with Crippen LogP contribution in [0, 0.1) is 10.1 Å². The molecule has 0 radical (unpaired) electrons. The summed E-state index contributed by atoms with van der Waals surface area (Å²) in [6, 6.07) is 20.2. The van der Waals surface area contributed by atoms with Gasteiger partial charge in [0.05, 0.1) is 10.5 Å². The third kappa shape index (κ3) is 3.70. The second-order valence-electron chi connectivity index (χ2n) is 5.56. The van der Waals surface area contributed by atoms with E-state index in [0.29, 0.717) is 11.1 Å². The van der Waals surface area contributed by atoms with Gasteiger partial charge in [-0.2, -0.15) is 0 Å². The number of rotatable bonds is 6. The van der Waals surface area contributed by atoms with Gasteiger partial charge in [-0.05, 0) is 28.8 Å². The number of ether oxygens (including phenoxy) is 1. The lowest BCUT2D eigenvalue weighted by atomic mass is 9.99. The highest BCUT2D eigenvalue weighted by Crippen LogP contribution is 2.34. The Morgan fingerprint density at radius 1 is 1.00 bits per heavy atom. The molecule has 0 aliphatic heterocycles. The van der Waals surface area contributed by atoms with Gasteiger partial charge in [-0.3, -0.25) is 10.1 Å². The van der Waals surface area contributed by atoms with E-state index in [4.69, 9.17) is 4.74 Å². The summed E-state index contributed by atoms with van der Waals surface area (Å²) in [5.74, 6) is -0.955. The fourth-order valence-electron chi connectivity index (χ4n) is 2.61. The van der Waals surface area contributed by atoms with Gasteiger partial charge in [0, 0.05) is 6.07 Å². The minimum absolute atomic E-state index is 0.0831. The van der Waals surface area contributed by atoms with E-state index in [9.17, 15) is 20.0 Å². The molecule has 6 nitrogen and oxygen atoms in total.